The predicted molar refractivity (Wildman–Crippen MR) is 133 cm³/mol. The molecule has 13 heteroatoms. The van der Waals surface area contributed by atoms with E-state index in [1.807, 2.05) is 6.07 Å². The molecule has 2 aliphatic rings. The lowest BCUT2D eigenvalue weighted by atomic mass is 10.0. The van der Waals surface area contributed by atoms with E-state index in [-0.39, 0.29) is 24.1 Å². The predicted octanol–water partition coefficient (Wildman–Crippen LogP) is 3.55. The lowest BCUT2D eigenvalue weighted by molar-refractivity contribution is -0.136. The van der Waals surface area contributed by atoms with E-state index in [1.165, 1.54) is 17.4 Å². The van der Waals surface area contributed by atoms with Gasteiger partial charge in [-0.05, 0) is 44.5 Å². The summed E-state index contributed by atoms with van der Waals surface area (Å²) in [7, 11) is 0. The zero-order valence-electron chi connectivity index (χ0n) is 19.5. The molecule has 10 nitrogen and oxygen atoms in total. The number of para-hydroxylation sites is 1. The molecule has 3 heterocycles. The third-order valence-electron chi connectivity index (χ3n) is 6.12. The molecule has 1 aromatic heterocycles. The third kappa shape index (κ3) is 4.21. The smallest absolute Gasteiger partial charge is 0.320 e. The minimum Gasteiger partial charge on any atom is -0.326 e. The Morgan fingerprint density at radius 1 is 1.19 bits per heavy atom. The highest BCUT2D eigenvalue weighted by Crippen LogP contribution is 2.34. The quantitative estimate of drug-likeness (QED) is 0.430. The van der Waals surface area contributed by atoms with Gasteiger partial charge in [-0.25, -0.2) is 14.2 Å². The zero-order valence-corrected chi connectivity index (χ0v) is 21.1. The fourth-order valence-electron chi connectivity index (χ4n) is 4.29. The monoisotopic (exact) mass is 543 g/mol. The number of halogens is 2. The second-order valence-electron chi connectivity index (χ2n) is 9.11. The fraction of sp³-hybridized carbons (Fsp3) is 0.250. The summed E-state index contributed by atoms with van der Waals surface area (Å²) >= 11 is 7.55. The molecule has 1 saturated heterocycles. The molecular formula is C24H19ClFN5O5S. The van der Waals surface area contributed by atoms with Gasteiger partial charge in [-0.15, -0.1) is 11.3 Å². The van der Waals surface area contributed by atoms with Crippen molar-refractivity contribution in [3.8, 4) is 0 Å². The number of amides is 6. The van der Waals surface area contributed by atoms with Crippen molar-refractivity contribution in [2.75, 3.05) is 5.32 Å². The molecule has 2 aliphatic heterocycles. The van der Waals surface area contributed by atoms with Crippen molar-refractivity contribution < 1.29 is 28.4 Å². The van der Waals surface area contributed by atoms with Crippen molar-refractivity contribution in [2.45, 2.75) is 38.3 Å². The zero-order chi connectivity index (χ0) is 26.6. The maximum Gasteiger partial charge on any atom is 0.320 e. The number of imide groups is 2. The van der Waals surface area contributed by atoms with Crippen molar-refractivity contribution in [2.24, 2.45) is 0 Å². The first-order valence-corrected chi connectivity index (χ1v) is 12.4. The minimum absolute atomic E-state index is 0.0582. The van der Waals surface area contributed by atoms with E-state index in [1.54, 1.807) is 26.0 Å². The molecule has 2 aromatic carbocycles. The van der Waals surface area contributed by atoms with Crippen LogP contribution in [0.2, 0.25) is 5.02 Å². The van der Waals surface area contributed by atoms with Gasteiger partial charge in [-0.1, -0.05) is 17.7 Å². The largest absolute Gasteiger partial charge is 0.326 e. The molecule has 3 aromatic rings. The fourth-order valence-corrected chi connectivity index (χ4v) is 5.61. The van der Waals surface area contributed by atoms with Gasteiger partial charge in [0.1, 0.15) is 16.6 Å². The number of fused-ring (bicyclic) bond motifs is 2. The van der Waals surface area contributed by atoms with E-state index >= 15 is 4.39 Å². The van der Waals surface area contributed by atoms with Gasteiger partial charge in [-0.2, -0.15) is 0 Å². The lowest BCUT2D eigenvalue weighted by Crippen LogP contribution is -2.54. The highest BCUT2D eigenvalue weighted by Gasteiger charge is 2.46. The van der Waals surface area contributed by atoms with Crippen LogP contribution in [0.25, 0.3) is 10.2 Å². The number of hydrogen-bond donors (Lipinski definition) is 3. The van der Waals surface area contributed by atoms with Crippen LogP contribution in [0.1, 0.15) is 52.4 Å². The van der Waals surface area contributed by atoms with Gasteiger partial charge in [0.25, 0.3) is 11.8 Å². The number of thiazole rings is 1. The highest BCUT2D eigenvalue weighted by molar-refractivity contribution is 7.18. The van der Waals surface area contributed by atoms with E-state index in [0.717, 1.165) is 10.8 Å². The molecule has 5 rings (SSSR count). The number of anilines is 1. The lowest BCUT2D eigenvalue weighted by Gasteiger charge is -2.27. The van der Waals surface area contributed by atoms with E-state index < -0.39 is 52.6 Å². The third-order valence-corrected chi connectivity index (χ3v) is 7.77. The van der Waals surface area contributed by atoms with Crippen molar-refractivity contribution in [1.29, 1.82) is 0 Å². The van der Waals surface area contributed by atoms with Crippen LogP contribution in [0.5, 0.6) is 0 Å². The Morgan fingerprint density at radius 2 is 1.95 bits per heavy atom. The molecule has 1 atom stereocenters. The maximum absolute atomic E-state index is 15.4. The van der Waals surface area contributed by atoms with Crippen LogP contribution < -0.4 is 16.0 Å². The number of piperidine rings is 1. The first-order chi connectivity index (χ1) is 17.5. The second kappa shape index (κ2) is 8.89. The summed E-state index contributed by atoms with van der Waals surface area (Å²) in [6.07, 6.45) is -0.118. The molecule has 0 aliphatic carbocycles. The average Bonchev–Trinajstić information content (AvgIpc) is 3.37. The van der Waals surface area contributed by atoms with Crippen LogP contribution >= 0.6 is 22.9 Å². The van der Waals surface area contributed by atoms with Crippen LogP contribution in [0.3, 0.4) is 0 Å². The summed E-state index contributed by atoms with van der Waals surface area (Å²) in [5, 5.41) is 8.23. The van der Waals surface area contributed by atoms with Crippen molar-refractivity contribution in [1.82, 2.24) is 20.5 Å². The molecule has 190 valence electrons. The normalized spacial score (nSPS) is 17.7. The van der Waals surface area contributed by atoms with Gasteiger partial charge in [0, 0.05) is 6.42 Å². The van der Waals surface area contributed by atoms with Crippen molar-refractivity contribution in [3.05, 3.63) is 57.3 Å². The van der Waals surface area contributed by atoms with E-state index in [0.29, 0.717) is 20.4 Å². The van der Waals surface area contributed by atoms with Crippen LogP contribution in [0, 0.1) is 5.82 Å². The van der Waals surface area contributed by atoms with Gasteiger partial charge in [0.15, 0.2) is 5.82 Å². The number of hydrogen-bond acceptors (Lipinski definition) is 7. The molecule has 0 saturated carbocycles. The topological polar surface area (TPSA) is 138 Å². The van der Waals surface area contributed by atoms with Crippen LogP contribution in [-0.2, 0) is 15.1 Å². The molecule has 1 fully saturated rings. The molecule has 6 amide bonds. The Labute approximate surface area is 218 Å². The first-order valence-electron chi connectivity index (χ1n) is 11.2. The molecule has 0 bridgehead atoms. The molecule has 3 N–H and O–H groups in total. The Hall–Kier alpha value is -3.90. The summed E-state index contributed by atoms with van der Waals surface area (Å²) < 4.78 is 16.2. The number of aromatic nitrogens is 1. The van der Waals surface area contributed by atoms with Crippen LogP contribution in [-0.4, -0.2) is 45.6 Å². The van der Waals surface area contributed by atoms with Crippen LogP contribution in [0.15, 0.2) is 30.3 Å². The highest BCUT2D eigenvalue weighted by atomic mass is 35.5. The molecular weight excluding hydrogens is 525 g/mol. The number of urea groups is 1. The first kappa shape index (κ1) is 24.8. The summed E-state index contributed by atoms with van der Waals surface area (Å²) in [6.45, 7) is 3.44. The summed E-state index contributed by atoms with van der Waals surface area (Å²) in [5.41, 5.74) is -1.46. The van der Waals surface area contributed by atoms with E-state index in [9.17, 15) is 24.0 Å². The number of carbonyl (C=O) groups is 5. The minimum atomic E-state index is -1.23. The van der Waals surface area contributed by atoms with Gasteiger partial charge < -0.3 is 10.6 Å². The van der Waals surface area contributed by atoms with Gasteiger partial charge >= 0.3 is 6.03 Å². The summed E-state index contributed by atoms with van der Waals surface area (Å²) in [6, 6.07) is 5.74. The SMILES string of the molecule is CC(C)(NC(=O)Nc1ccc2c(c1F)C(=O)N(C1CCC(=O)NC1=O)C2=O)c1nc2c(Cl)cccc2s1. The second-order valence-corrected chi connectivity index (χ2v) is 10.5. The number of nitrogens with zero attached hydrogens (tertiary/aromatic N) is 2. The molecule has 0 radical (unpaired) electrons. The summed E-state index contributed by atoms with van der Waals surface area (Å²) in [5.74, 6) is -4.28. The van der Waals surface area contributed by atoms with Gasteiger partial charge in [0.2, 0.25) is 11.8 Å². The molecule has 0 spiro atoms. The average molecular weight is 544 g/mol. The standard InChI is InChI=1S/C24H19ClFN5O5S/c1-24(2,22-29-18-11(25)4-3-5-14(18)37-22)30-23(36)27-12-7-6-10-16(17(12)26)21(35)31(20(10)34)13-8-9-15(32)28-19(13)33/h3-7,13H,8-9H2,1-2H3,(H2,27,30,36)(H,28,32,33). The van der Waals surface area contributed by atoms with E-state index in [4.69, 9.17) is 11.6 Å². The van der Waals surface area contributed by atoms with Crippen LogP contribution in [0.4, 0.5) is 14.9 Å². The Morgan fingerprint density at radius 3 is 2.65 bits per heavy atom. The number of nitrogens with one attached hydrogen (secondary N) is 3. The Kier molecular flexibility index (Phi) is 5.95. The van der Waals surface area contributed by atoms with Gasteiger partial charge in [0.05, 0.1) is 32.1 Å². The van der Waals surface area contributed by atoms with Gasteiger partial charge in [-0.3, -0.25) is 29.4 Å². The molecule has 37 heavy (non-hydrogen) atoms. The number of rotatable bonds is 4. The maximum atomic E-state index is 15.4. The van der Waals surface area contributed by atoms with Crippen molar-refractivity contribution >= 4 is 68.5 Å². The Balaban J connectivity index is 1.36. The van der Waals surface area contributed by atoms with Crippen molar-refractivity contribution in [3.63, 3.8) is 0 Å². The number of benzene rings is 2. The number of carbonyl (C=O) groups excluding carboxylic acids is 5. The Bertz CT molecular complexity index is 1540. The summed E-state index contributed by atoms with van der Waals surface area (Å²) in [4.78, 5) is 67.4. The molecule has 1 unspecified atom stereocenters. The van der Waals surface area contributed by atoms with E-state index in [2.05, 4.69) is 20.9 Å².